The summed E-state index contributed by atoms with van der Waals surface area (Å²) in [6.45, 7) is 2.11. The minimum atomic E-state index is -0.379. The molecule has 3 aromatic heterocycles. The SMILES string of the molecule is Cc1nc2cc(F)c(Br)cn2c1CN1C(=O)COc2ccncc21. The lowest BCUT2D eigenvalue weighted by Gasteiger charge is -2.28. The van der Waals surface area contributed by atoms with Gasteiger partial charge in [-0.15, -0.1) is 0 Å². The van der Waals surface area contributed by atoms with Gasteiger partial charge in [-0.3, -0.25) is 14.7 Å². The lowest BCUT2D eigenvalue weighted by molar-refractivity contribution is -0.121. The number of aromatic nitrogens is 3. The first-order chi connectivity index (χ1) is 11.5. The van der Waals surface area contributed by atoms with Gasteiger partial charge in [0.2, 0.25) is 0 Å². The number of rotatable bonds is 2. The van der Waals surface area contributed by atoms with Crippen molar-refractivity contribution in [3.63, 3.8) is 0 Å². The van der Waals surface area contributed by atoms with E-state index < -0.39 is 0 Å². The Hall–Kier alpha value is -2.48. The summed E-state index contributed by atoms with van der Waals surface area (Å²) in [6.07, 6.45) is 4.84. The number of aryl methyl sites for hydroxylation is 1. The Morgan fingerprint density at radius 1 is 1.46 bits per heavy atom. The smallest absolute Gasteiger partial charge is 0.265 e. The van der Waals surface area contributed by atoms with Crippen LogP contribution < -0.4 is 9.64 Å². The molecule has 0 unspecified atom stereocenters. The van der Waals surface area contributed by atoms with Crippen LogP contribution in [0.5, 0.6) is 5.75 Å². The highest BCUT2D eigenvalue weighted by molar-refractivity contribution is 9.10. The largest absolute Gasteiger partial charge is 0.481 e. The van der Waals surface area contributed by atoms with Crippen molar-refractivity contribution < 1.29 is 13.9 Å². The third-order valence-corrected chi connectivity index (χ3v) is 4.56. The molecule has 0 atom stereocenters. The van der Waals surface area contributed by atoms with Gasteiger partial charge in [0.1, 0.15) is 22.9 Å². The Labute approximate surface area is 145 Å². The maximum atomic E-state index is 13.7. The summed E-state index contributed by atoms with van der Waals surface area (Å²) < 4.78 is 21.3. The van der Waals surface area contributed by atoms with Crippen molar-refractivity contribution in [1.82, 2.24) is 14.4 Å². The normalized spacial score (nSPS) is 14.0. The number of amides is 1. The maximum Gasteiger partial charge on any atom is 0.265 e. The van der Waals surface area contributed by atoms with E-state index in [4.69, 9.17) is 4.74 Å². The van der Waals surface area contributed by atoms with Crippen LogP contribution in [0.3, 0.4) is 0 Å². The van der Waals surface area contributed by atoms with Crippen LogP contribution in [0.1, 0.15) is 11.4 Å². The number of nitrogens with zero attached hydrogens (tertiary/aromatic N) is 4. The van der Waals surface area contributed by atoms with Crippen LogP contribution >= 0.6 is 15.9 Å². The van der Waals surface area contributed by atoms with Crippen LogP contribution in [0.25, 0.3) is 5.65 Å². The van der Waals surface area contributed by atoms with Crippen molar-refractivity contribution in [2.24, 2.45) is 0 Å². The molecule has 122 valence electrons. The lowest BCUT2D eigenvalue weighted by atomic mass is 10.2. The summed E-state index contributed by atoms with van der Waals surface area (Å²) in [7, 11) is 0. The number of halogens is 2. The van der Waals surface area contributed by atoms with E-state index in [0.717, 1.165) is 11.4 Å². The van der Waals surface area contributed by atoms with Gasteiger partial charge in [-0.25, -0.2) is 9.37 Å². The van der Waals surface area contributed by atoms with Gasteiger partial charge in [-0.2, -0.15) is 0 Å². The molecule has 4 rings (SSSR count). The molecular weight excluding hydrogens is 379 g/mol. The van der Waals surface area contributed by atoms with E-state index in [-0.39, 0.29) is 18.3 Å². The topological polar surface area (TPSA) is 59.7 Å². The number of pyridine rings is 2. The van der Waals surface area contributed by atoms with Crippen molar-refractivity contribution in [3.05, 3.63) is 52.4 Å². The highest BCUT2D eigenvalue weighted by Gasteiger charge is 2.27. The first-order valence-corrected chi connectivity index (χ1v) is 8.03. The van der Waals surface area contributed by atoms with E-state index in [1.165, 1.54) is 6.07 Å². The Morgan fingerprint density at radius 2 is 2.29 bits per heavy atom. The predicted octanol–water partition coefficient (Wildman–Crippen LogP) is 2.86. The van der Waals surface area contributed by atoms with E-state index in [1.807, 2.05) is 6.92 Å². The molecule has 6 nitrogen and oxygen atoms in total. The number of hydrogen-bond donors (Lipinski definition) is 0. The van der Waals surface area contributed by atoms with Gasteiger partial charge in [0, 0.05) is 24.5 Å². The Morgan fingerprint density at radius 3 is 3.12 bits per heavy atom. The van der Waals surface area contributed by atoms with Crippen LogP contribution in [0.2, 0.25) is 0 Å². The second kappa shape index (κ2) is 5.55. The number of imidazole rings is 1. The summed E-state index contributed by atoms with van der Waals surface area (Å²) >= 11 is 3.19. The average molecular weight is 391 g/mol. The third-order valence-electron chi connectivity index (χ3n) is 3.98. The Balaban J connectivity index is 1.81. The first kappa shape index (κ1) is 15.1. The zero-order chi connectivity index (χ0) is 16.8. The van der Waals surface area contributed by atoms with Gasteiger partial charge >= 0.3 is 0 Å². The van der Waals surface area contributed by atoms with Crippen molar-refractivity contribution in [3.8, 4) is 5.75 Å². The van der Waals surface area contributed by atoms with E-state index in [1.54, 1.807) is 34.0 Å². The van der Waals surface area contributed by atoms with Gasteiger partial charge in [-0.05, 0) is 22.9 Å². The summed E-state index contributed by atoms with van der Waals surface area (Å²) in [5.41, 5.74) is 2.65. The molecule has 4 heterocycles. The zero-order valence-corrected chi connectivity index (χ0v) is 14.2. The highest BCUT2D eigenvalue weighted by atomic mass is 79.9. The first-order valence-electron chi connectivity index (χ1n) is 7.24. The van der Waals surface area contributed by atoms with Crippen molar-refractivity contribution in [2.45, 2.75) is 13.5 Å². The van der Waals surface area contributed by atoms with E-state index in [2.05, 4.69) is 25.9 Å². The van der Waals surface area contributed by atoms with Crippen LogP contribution in [0.15, 0.2) is 35.2 Å². The molecule has 0 aliphatic carbocycles. The molecule has 1 amide bonds. The molecule has 8 heteroatoms. The fraction of sp³-hybridized carbons (Fsp3) is 0.188. The Bertz CT molecular complexity index is 972. The van der Waals surface area contributed by atoms with E-state index >= 15 is 0 Å². The molecule has 1 aliphatic rings. The molecule has 0 saturated heterocycles. The van der Waals surface area contributed by atoms with Gasteiger partial charge in [0.05, 0.1) is 28.6 Å². The van der Waals surface area contributed by atoms with Crippen molar-refractivity contribution in [1.29, 1.82) is 0 Å². The third kappa shape index (κ3) is 2.34. The van der Waals surface area contributed by atoms with Crippen molar-refractivity contribution >= 4 is 33.2 Å². The monoisotopic (exact) mass is 390 g/mol. The highest BCUT2D eigenvalue weighted by Crippen LogP contribution is 2.32. The molecule has 24 heavy (non-hydrogen) atoms. The molecule has 3 aromatic rings. The minimum absolute atomic E-state index is 0.0227. The molecule has 0 N–H and O–H groups in total. The number of carbonyl (C=O) groups excluding carboxylic acids is 1. The van der Waals surface area contributed by atoms with Gasteiger partial charge in [0.15, 0.2) is 6.61 Å². The number of carbonyl (C=O) groups is 1. The Kier molecular flexibility index (Phi) is 3.49. The fourth-order valence-corrected chi connectivity index (χ4v) is 3.09. The summed E-state index contributed by atoms with van der Waals surface area (Å²) in [5.74, 6) is 0.0744. The molecule has 0 aromatic carbocycles. The van der Waals surface area contributed by atoms with Crippen LogP contribution in [-0.4, -0.2) is 26.9 Å². The van der Waals surface area contributed by atoms with Crippen LogP contribution in [0, 0.1) is 12.7 Å². The predicted molar refractivity (Wildman–Crippen MR) is 88.5 cm³/mol. The van der Waals surface area contributed by atoms with Crippen LogP contribution in [-0.2, 0) is 11.3 Å². The van der Waals surface area contributed by atoms with Gasteiger partial charge in [0.25, 0.3) is 5.91 Å². The number of anilines is 1. The second-order valence-electron chi connectivity index (χ2n) is 5.45. The molecule has 0 saturated carbocycles. The second-order valence-corrected chi connectivity index (χ2v) is 6.31. The van der Waals surface area contributed by atoms with Crippen molar-refractivity contribution in [2.75, 3.05) is 11.5 Å². The molecule has 0 fully saturated rings. The lowest BCUT2D eigenvalue weighted by Crippen LogP contribution is -2.38. The number of ether oxygens (including phenoxy) is 1. The summed E-state index contributed by atoms with van der Waals surface area (Å²) in [4.78, 5) is 22.4. The number of hydrogen-bond acceptors (Lipinski definition) is 4. The van der Waals surface area contributed by atoms with Crippen LogP contribution in [0.4, 0.5) is 10.1 Å². The van der Waals surface area contributed by atoms with Gasteiger partial charge in [-0.1, -0.05) is 0 Å². The molecular formula is C16H12BrFN4O2. The van der Waals surface area contributed by atoms with E-state index in [0.29, 0.717) is 28.1 Å². The molecule has 0 bridgehead atoms. The fourth-order valence-electron chi connectivity index (χ4n) is 2.77. The van der Waals surface area contributed by atoms with E-state index in [9.17, 15) is 9.18 Å². The maximum absolute atomic E-state index is 13.7. The average Bonchev–Trinajstić information content (AvgIpc) is 2.85. The molecule has 1 aliphatic heterocycles. The quantitative estimate of drug-likeness (QED) is 0.674. The zero-order valence-electron chi connectivity index (χ0n) is 12.7. The molecule has 0 spiro atoms. The minimum Gasteiger partial charge on any atom is -0.481 e. The summed E-state index contributed by atoms with van der Waals surface area (Å²) in [5, 5.41) is 0. The molecule has 0 radical (unpaired) electrons. The standard InChI is InChI=1S/C16H12BrFN4O2/c1-9-13(21-6-10(17)11(18)4-15(21)20-9)7-22-12-5-19-3-2-14(12)24-8-16(22)23/h2-6H,7-8H2,1H3. The van der Waals surface area contributed by atoms with Gasteiger partial charge < -0.3 is 9.14 Å². The number of fused-ring (bicyclic) bond motifs is 2. The summed E-state index contributed by atoms with van der Waals surface area (Å²) in [6, 6.07) is 3.08.